The van der Waals surface area contributed by atoms with E-state index in [-0.39, 0.29) is 17.3 Å². The average molecular weight is 406 g/mol. The predicted octanol–water partition coefficient (Wildman–Crippen LogP) is 2.72. The number of methoxy groups -OCH3 is 1. The molecule has 1 aliphatic heterocycles. The third kappa shape index (κ3) is 6.27. The van der Waals surface area contributed by atoms with Crippen molar-refractivity contribution in [3.63, 3.8) is 0 Å². The number of amides is 1. The summed E-state index contributed by atoms with van der Waals surface area (Å²) in [6.07, 6.45) is 7.30. The highest BCUT2D eigenvalue weighted by molar-refractivity contribution is 5.85. The molecule has 0 unspecified atom stereocenters. The number of piperidine rings is 1. The number of nitrogens with one attached hydrogen (secondary N) is 2. The summed E-state index contributed by atoms with van der Waals surface area (Å²) in [6, 6.07) is 1.60. The largest absolute Gasteiger partial charge is 0.495 e. The second-order valence-corrected chi connectivity index (χ2v) is 7.92. The van der Waals surface area contributed by atoms with Crippen molar-refractivity contribution >= 4 is 11.5 Å². The molecular formula is C21H32FN5O2. The molecule has 4 N–H and O–H groups in total. The zero-order chi connectivity index (χ0) is 21.4. The molecule has 160 valence electrons. The van der Waals surface area contributed by atoms with Crippen LogP contribution in [0.25, 0.3) is 5.57 Å². The van der Waals surface area contributed by atoms with E-state index in [1.165, 1.54) is 38.8 Å². The zero-order valence-electron chi connectivity index (χ0n) is 17.6. The topological polar surface area (TPSA) is 92.5 Å². The lowest BCUT2D eigenvalue weighted by molar-refractivity contribution is -0.129. The lowest BCUT2D eigenvalue weighted by Gasteiger charge is -2.31. The number of likely N-dealkylation sites (tertiary alicyclic amines) is 1. The SMILES string of the molecule is C=C(/C(F)=C(\NN)NC(=O)C(C)(C)CCN1CCCCC1)c1cncc(OC)c1. The van der Waals surface area contributed by atoms with Crippen LogP contribution in [0.3, 0.4) is 0 Å². The molecule has 0 atom stereocenters. The fourth-order valence-electron chi connectivity index (χ4n) is 3.14. The number of hydrogen-bond donors (Lipinski definition) is 3. The Hall–Kier alpha value is -2.45. The molecular weight excluding hydrogens is 373 g/mol. The van der Waals surface area contributed by atoms with Gasteiger partial charge in [-0.05, 0) is 45.0 Å². The van der Waals surface area contributed by atoms with E-state index in [0.717, 1.165) is 19.6 Å². The van der Waals surface area contributed by atoms with Crippen molar-refractivity contribution in [2.75, 3.05) is 26.7 Å². The van der Waals surface area contributed by atoms with Crippen LogP contribution in [0, 0.1) is 5.41 Å². The van der Waals surface area contributed by atoms with Gasteiger partial charge in [0.1, 0.15) is 5.75 Å². The maximum atomic E-state index is 15.0. The van der Waals surface area contributed by atoms with E-state index in [1.807, 2.05) is 13.8 Å². The van der Waals surface area contributed by atoms with Gasteiger partial charge in [-0.25, -0.2) is 10.2 Å². The van der Waals surface area contributed by atoms with Crippen molar-refractivity contribution in [3.05, 3.63) is 42.3 Å². The van der Waals surface area contributed by atoms with Crippen molar-refractivity contribution in [2.45, 2.75) is 39.5 Å². The van der Waals surface area contributed by atoms with Crippen LogP contribution in [0.5, 0.6) is 5.75 Å². The minimum atomic E-state index is -0.761. The zero-order valence-corrected chi connectivity index (χ0v) is 17.6. The summed E-state index contributed by atoms with van der Waals surface area (Å²) in [5.74, 6) is 4.65. The van der Waals surface area contributed by atoms with Gasteiger partial charge in [0.2, 0.25) is 5.91 Å². The highest BCUT2D eigenvalue weighted by atomic mass is 19.1. The Morgan fingerprint density at radius 1 is 1.34 bits per heavy atom. The van der Waals surface area contributed by atoms with E-state index in [4.69, 9.17) is 10.6 Å². The van der Waals surface area contributed by atoms with Gasteiger partial charge in [0, 0.05) is 22.7 Å². The second-order valence-electron chi connectivity index (χ2n) is 7.92. The van der Waals surface area contributed by atoms with E-state index in [2.05, 4.69) is 27.2 Å². The molecule has 1 aromatic heterocycles. The number of hydrazine groups is 1. The van der Waals surface area contributed by atoms with Gasteiger partial charge in [-0.1, -0.05) is 26.8 Å². The summed E-state index contributed by atoms with van der Waals surface area (Å²) in [4.78, 5) is 19.1. The number of carbonyl (C=O) groups excluding carboxylic acids is 1. The van der Waals surface area contributed by atoms with Gasteiger partial charge in [0.15, 0.2) is 11.6 Å². The number of ether oxygens (including phenoxy) is 1. The lowest BCUT2D eigenvalue weighted by Crippen LogP contribution is -2.44. The van der Waals surface area contributed by atoms with E-state index < -0.39 is 11.2 Å². The van der Waals surface area contributed by atoms with E-state index in [0.29, 0.717) is 17.7 Å². The molecule has 1 saturated heterocycles. The molecule has 8 heteroatoms. The van der Waals surface area contributed by atoms with Crippen molar-refractivity contribution in [3.8, 4) is 5.75 Å². The smallest absolute Gasteiger partial charge is 0.231 e. The van der Waals surface area contributed by atoms with Crippen LogP contribution in [-0.2, 0) is 4.79 Å². The number of pyridine rings is 1. The molecule has 1 aliphatic rings. The average Bonchev–Trinajstić information content (AvgIpc) is 2.75. The number of rotatable bonds is 9. The number of nitrogens with two attached hydrogens (primary N) is 1. The summed E-state index contributed by atoms with van der Waals surface area (Å²) in [6.45, 7) is 10.4. The Labute approximate surface area is 172 Å². The molecule has 2 rings (SSSR count). The number of nitrogens with zero attached hydrogens (tertiary/aromatic N) is 2. The molecule has 0 radical (unpaired) electrons. The standard InChI is InChI=1S/C21H32FN5O2/c1-15(16-12-17(29-4)14-24-13-16)18(22)19(26-23)25-20(28)21(2,3)8-11-27-9-6-5-7-10-27/h12-14,26H,1,5-11,23H2,2-4H3,(H,25,28)/b19-18+. The highest BCUT2D eigenvalue weighted by Gasteiger charge is 2.30. The van der Waals surface area contributed by atoms with Gasteiger partial charge in [-0.15, -0.1) is 0 Å². The van der Waals surface area contributed by atoms with Gasteiger partial charge >= 0.3 is 0 Å². The predicted molar refractivity (Wildman–Crippen MR) is 112 cm³/mol. The fourth-order valence-corrected chi connectivity index (χ4v) is 3.14. The first kappa shape index (κ1) is 22.8. The number of carbonyl (C=O) groups is 1. The molecule has 29 heavy (non-hydrogen) atoms. The third-order valence-corrected chi connectivity index (χ3v) is 5.28. The molecule has 7 nitrogen and oxygen atoms in total. The molecule has 1 fully saturated rings. The fraction of sp³-hybridized carbons (Fsp3) is 0.524. The van der Waals surface area contributed by atoms with Crippen LogP contribution in [0.2, 0.25) is 0 Å². The Morgan fingerprint density at radius 3 is 2.66 bits per heavy atom. The van der Waals surface area contributed by atoms with E-state index >= 15 is 0 Å². The van der Waals surface area contributed by atoms with Crippen LogP contribution in [0.1, 0.15) is 45.1 Å². The Balaban J connectivity index is 2.06. The van der Waals surface area contributed by atoms with Gasteiger partial charge in [0.05, 0.1) is 13.3 Å². The van der Waals surface area contributed by atoms with E-state index in [1.54, 1.807) is 6.07 Å². The minimum Gasteiger partial charge on any atom is -0.495 e. The van der Waals surface area contributed by atoms with Crippen molar-refractivity contribution in [1.29, 1.82) is 0 Å². The molecule has 0 saturated carbocycles. The van der Waals surface area contributed by atoms with Crippen LogP contribution >= 0.6 is 0 Å². The summed E-state index contributed by atoms with van der Waals surface area (Å²) >= 11 is 0. The molecule has 1 amide bonds. The number of aromatic nitrogens is 1. The van der Waals surface area contributed by atoms with Gasteiger partial charge in [-0.3, -0.25) is 9.78 Å². The monoisotopic (exact) mass is 405 g/mol. The Kier molecular flexibility index (Phi) is 8.16. The number of halogens is 1. The minimum absolute atomic E-state index is 0.0378. The van der Waals surface area contributed by atoms with Gasteiger partial charge in [-0.2, -0.15) is 0 Å². The van der Waals surface area contributed by atoms with Crippen molar-refractivity contribution in [2.24, 2.45) is 11.3 Å². The number of allylic oxidation sites excluding steroid dienone is 2. The molecule has 2 heterocycles. The van der Waals surface area contributed by atoms with Crippen molar-refractivity contribution < 1.29 is 13.9 Å². The Bertz CT molecular complexity index is 757. The second kappa shape index (κ2) is 10.4. The van der Waals surface area contributed by atoms with E-state index in [9.17, 15) is 9.18 Å². The molecule has 0 aromatic carbocycles. The van der Waals surface area contributed by atoms with Gasteiger partial charge in [0.25, 0.3) is 0 Å². The van der Waals surface area contributed by atoms with Crippen molar-refractivity contribution in [1.82, 2.24) is 20.6 Å². The summed E-state index contributed by atoms with van der Waals surface area (Å²) < 4.78 is 20.1. The number of hydrogen-bond acceptors (Lipinski definition) is 6. The highest BCUT2D eigenvalue weighted by Crippen LogP contribution is 2.27. The first-order valence-electron chi connectivity index (χ1n) is 9.87. The summed E-state index contributed by atoms with van der Waals surface area (Å²) in [5, 5.41) is 2.57. The lowest BCUT2D eigenvalue weighted by atomic mass is 9.87. The summed E-state index contributed by atoms with van der Waals surface area (Å²) in [5.41, 5.74) is 2.02. The first-order chi connectivity index (χ1) is 13.8. The quantitative estimate of drug-likeness (QED) is 0.332. The normalized spacial score (nSPS) is 16.0. The third-order valence-electron chi connectivity index (χ3n) is 5.28. The maximum absolute atomic E-state index is 15.0. The van der Waals surface area contributed by atoms with Gasteiger partial charge < -0.3 is 20.4 Å². The first-order valence-corrected chi connectivity index (χ1v) is 9.87. The van der Waals surface area contributed by atoms with Crippen LogP contribution in [0.4, 0.5) is 4.39 Å². The molecule has 1 aromatic rings. The summed E-state index contributed by atoms with van der Waals surface area (Å²) in [7, 11) is 1.49. The van der Waals surface area contributed by atoms with Crippen LogP contribution < -0.4 is 21.3 Å². The Morgan fingerprint density at radius 2 is 2.03 bits per heavy atom. The molecule has 0 spiro atoms. The molecule has 0 aliphatic carbocycles. The van der Waals surface area contributed by atoms with Crippen LogP contribution in [-0.4, -0.2) is 42.5 Å². The maximum Gasteiger partial charge on any atom is 0.231 e. The van der Waals surface area contributed by atoms with Crippen LogP contribution in [0.15, 0.2) is 36.7 Å². The molecule has 0 bridgehead atoms.